The van der Waals surface area contributed by atoms with Gasteiger partial charge in [-0.05, 0) is 35.9 Å². The van der Waals surface area contributed by atoms with Crippen LogP contribution in [0.25, 0.3) is 0 Å². The van der Waals surface area contributed by atoms with Gasteiger partial charge in [0.2, 0.25) is 5.91 Å². The van der Waals surface area contributed by atoms with Gasteiger partial charge in [-0.25, -0.2) is 4.98 Å². The summed E-state index contributed by atoms with van der Waals surface area (Å²) in [5, 5.41) is 9.56. The van der Waals surface area contributed by atoms with Gasteiger partial charge in [0, 0.05) is 43.1 Å². The molecular formula is C22H22ClN5O2. The van der Waals surface area contributed by atoms with Crippen LogP contribution in [-0.2, 0) is 17.9 Å². The second-order valence-corrected chi connectivity index (χ2v) is 7.49. The van der Waals surface area contributed by atoms with E-state index in [9.17, 15) is 4.79 Å². The molecule has 7 nitrogen and oxygen atoms in total. The maximum absolute atomic E-state index is 12.7. The van der Waals surface area contributed by atoms with Gasteiger partial charge in [-0.15, -0.1) is 0 Å². The Bertz CT molecular complexity index is 1060. The molecule has 4 rings (SSSR count). The van der Waals surface area contributed by atoms with E-state index in [1.54, 1.807) is 17.3 Å². The molecule has 0 atom stereocenters. The Labute approximate surface area is 180 Å². The van der Waals surface area contributed by atoms with Gasteiger partial charge in [-0.3, -0.25) is 9.69 Å². The predicted molar refractivity (Wildman–Crippen MR) is 115 cm³/mol. The first-order valence-corrected chi connectivity index (χ1v) is 9.76. The number of nitrogens with zero attached hydrogens (tertiary/aromatic N) is 5. The summed E-state index contributed by atoms with van der Waals surface area (Å²) >= 11 is 6.06. The smallest absolute Gasteiger partial charge is 0.241 e. The lowest BCUT2D eigenvalue weighted by molar-refractivity contribution is -0.121. The number of imidazole rings is 1. The Hall–Kier alpha value is -3.18. The number of carbonyl (C=O) groups is 1. The predicted octanol–water partition coefficient (Wildman–Crippen LogP) is 2.48. The molecule has 3 aromatic rings. The highest BCUT2D eigenvalue weighted by molar-refractivity contribution is 6.30. The van der Waals surface area contributed by atoms with Crippen LogP contribution in [0.4, 0.5) is 5.69 Å². The molecule has 2 aromatic carbocycles. The van der Waals surface area contributed by atoms with E-state index >= 15 is 0 Å². The second-order valence-electron chi connectivity index (χ2n) is 7.06. The van der Waals surface area contributed by atoms with E-state index in [1.807, 2.05) is 48.7 Å². The van der Waals surface area contributed by atoms with E-state index in [0.717, 1.165) is 23.5 Å². The molecule has 0 saturated carbocycles. The molecule has 1 aromatic heterocycles. The quantitative estimate of drug-likeness (QED) is 0.629. The number of piperazine rings is 1. The number of carbonyl (C=O) groups excluding carboxylic acids is 1. The first-order valence-electron chi connectivity index (χ1n) is 9.39. The van der Waals surface area contributed by atoms with Gasteiger partial charge in [-0.1, -0.05) is 29.8 Å². The van der Waals surface area contributed by atoms with Crippen LogP contribution in [0.3, 0.4) is 0 Å². The summed E-state index contributed by atoms with van der Waals surface area (Å²) in [6.45, 7) is 3.10. The van der Waals surface area contributed by atoms with Crippen molar-refractivity contribution in [1.29, 1.82) is 5.26 Å². The minimum Gasteiger partial charge on any atom is -0.412 e. The van der Waals surface area contributed by atoms with Crippen LogP contribution in [0.2, 0.25) is 5.02 Å². The Morgan fingerprint density at radius 3 is 2.60 bits per heavy atom. The van der Waals surface area contributed by atoms with E-state index in [-0.39, 0.29) is 11.4 Å². The molecule has 30 heavy (non-hydrogen) atoms. The highest BCUT2D eigenvalue weighted by Crippen LogP contribution is 2.22. The maximum atomic E-state index is 12.7. The average molecular weight is 424 g/mol. The lowest BCUT2D eigenvalue weighted by Crippen LogP contribution is -2.50. The Kier molecular flexibility index (Phi) is 6.85. The van der Waals surface area contributed by atoms with Crippen molar-refractivity contribution in [1.82, 2.24) is 14.5 Å². The molecule has 0 unspecified atom stereocenters. The first-order chi connectivity index (χ1) is 14.1. The molecule has 0 radical (unpaired) electrons. The Morgan fingerprint density at radius 1 is 1.10 bits per heavy atom. The van der Waals surface area contributed by atoms with Gasteiger partial charge >= 0.3 is 0 Å². The number of halogens is 1. The highest BCUT2D eigenvalue weighted by atomic mass is 35.5. The summed E-state index contributed by atoms with van der Waals surface area (Å²) in [6, 6.07) is 17.1. The molecule has 0 aliphatic carbocycles. The van der Waals surface area contributed by atoms with Crippen molar-refractivity contribution >= 4 is 23.2 Å². The molecular weight excluding hydrogens is 402 g/mol. The molecule has 2 N–H and O–H groups in total. The fourth-order valence-electron chi connectivity index (χ4n) is 3.51. The number of hydrogen-bond acceptors (Lipinski definition) is 4. The number of rotatable bonds is 5. The zero-order chi connectivity index (χ0) is 20.2. The SMILES string of the molecule is N#Cc1ccc(Cn2cncc2CN2CCN(c3cccc(Cl)c3)C(=O)C2)cc1.O. The van der Waals surface area contributed by atoms with Crippen molar-refractivity contribution in [2.24, 2.45) is 0 Å². The van der Waals surface area contributed by atoms with E-state index in [1.165, 1.54) is 0 Å². The summed E-state index contributed by atoms with van der Waals surface area (Å²) < 4.78 is 2.08. The number of aromatic nitrogens is 2. The summed E-state index contributed by atoms with van der Waals surface area (Å²) in [5.74, 6) is 0.0664. The number of benzene rings is 2. The van der Waals surface area contributed by atoms with Gasteiger partial charge < -0.3 is 14.9 Å². The molecule has 1 amide bonds. The van der Waals surface area contributed by atoms with Crippen molar-refractivity contribution in [3.8, 4) is 6.07 Å². The van der Waals surface area contributed by atoms with Crippen molar-refractivity contribution < 1.29 is 10.3 Å². The normalized spacial score (nSPS) is 14.3. The van der Waals surface area contributed by atoms with Crippen LogP contribution < -0.4 is 4.90 Å². The zero-order valence-corrected chi connectivity index (χ0v) is 17.1. The standard InChI is InChI=1S/C22H20ClN5O.H2O/c23-19-2-1-3-20(10-19)28-9-8-26(15-22(28)29)14-21-12-25-16-27(21)13-18-6-4-17(11-24)5-7-18;/h1-7,10,12,16H,8-9,13-15H2;1H2. The molecule has 1 saturated heterocycles. The molecule has 0 spiro atoms. The van der Waals surface area contributed by atoms with Crippen LogP contribution in [0.15, 0.2) is 61.1 Å². The maximum Gasteiger partial charge on any atom is 0.241 e. The largest absolute Gasteiger partial charge is 0.412 e. The number of hydrogen-bond donors (Lipinski definition) is 0. The van der Waals surface area contributed by atoms with Crippen LogP contribution in [0.5, 0.6) is 0 Å². The number of anilines is 1. The molecule has 1 aliphatic heterocycles. The Balaban J connectivity index is 0.00000256. The molecule has 1 fully saturated rings. The molecule has 154 valence electrons. The summed E-state index contributed by atoms with van der Waals surface area (Å²) in [6.07, 6.45) is 3.65. The van der Waals surface area contributed by atoms with Crippen LogP contribution in [0.1, 0.15) is 16.8 Å². The number of amides is 1. The fourth-order valence-corrected chi connectivity index (χ4v) is 3.69. The first kappa shape index (κ1) is 21.5. The number of nitriles is 1. The minimum absolute atomic E-state index is 0. The van der Waals surface area contributed by atoms with Crippen LogP contribution >= 0.6 is 11.6 Å². The summed E-state index contributed by atoms with van der Waals surface area (Å²) in [4.78, 5) is 20.9. The van der Waals surface area contributed by atoms with E-state index in [0.29, 0.717) is 36.8 Å². The van der Waals surface area contributed by atoms with Gasteiger partial charge in [0.15, 0.2) is 0 Å². The Morgan fingerprint density at radius 2 is 1.90 bits per heavy atom. The molecule has 0 bridgehead atoms. The third-order valence-corrected chi connectivity index (χ3v) is 5.27. The third-order valence-electron chi connectivity index (χ3n) is 5.04. The van der Waals surface area contributed by atoms with E-state index in [4.69, 9.17) is 16.9 Å². The average Bonchev–Trinajstić information content (AvgIpc) is 3.15. The minimum atomic E-state index is 0. The van der Waals surface area contributed by atoms with Gasteiger partial charge in [0.05, 0.1) is 30.2 Å². The van der Waals surface area contributed by atoms with Crippen molar-refractivity contribution in [2.45, 2.75) is 13.1 Å². The fraction of sp³-hybridized carbons (Fsp3) is 0.227. The topological polar surface area (TPSA) is 96.7 Å². The lowest BCUT2D eigenvalue weighted by Gasteiger charge is -2.34. The van der Waals surface area contributed by atoms with E-state index < -0.39 is 0 Å². The van der Waals surface area contributed by atoms with Gasteiger partial charge in [0.25, 0.3) is 0 Å². The lowest BCUT2D eigenvalue weighted by atomic mass is 10.1. The molecule has 1 aliphatic rings. The van der Waals surface area contributed by atoms with Crippen molar-refractivity contribution in [3.05, 3.63) is 82.9 Å². The highest BCUT2D eigenvalue weighted by Gasteiger charge is 2.25. The van der Waals surface area contributed by atoms with E-state index in [2.05, 4.69) is 20.5 Å². The van der Waals surface area contributed by atoms with Crippen molar-refractivity contribution in [2.75, 3.05) is 24.5 Å². The van der Waals surface area contributed by atoms with Crippen LogP contribution in [0, 0.1) is 11.3 Å². The van der Waals surface area contributed by atoms with Gasteiger partial charge in [0.1, 0.15) is 0 Å². The second kappa shape index (κ2) is 9.55. The third kappa shape index (κ3) is 4.86. The summed E-state index contributed by atoms with van der Waals surface area (Å²) in [7, 11) is 0. The monoisotopic (exact) mass is 423 g/mol. The van der Waals surface area contributed by atoms with Crippen LogP contribution in [-0.4, -0.2) is 45.5 Å². The zero-order valence-electron chi connectivity index (χ0n) is 16.3. The van der Waals surface area contributed by atoms with Crippen molar-refractivity contribution in [3.63, 3.8) is 0 Å². The van der Waals surface area contributed by atoms with Gasteiger partial charge in [-0.2, -0.15) is 5.26 Å². The molecule has 8 heteroatoms. The summed E-state index contributed by atoms with van der Waals surface area (Å²) in [5.41, 5.74) is 3.65. The molecule has 2 heterocycles.